The van der Waals surface area contributed by atoms with Gasteiger partial charge in [-0.05, 0) is 19.8 Å². The van der Waals surface area contributed by atoms with Crippen LogP contribution >= 0.6 is 0 Å². The molecule has 0 spiro atoms. The molecule has 0 saturated heterocycles. The lowest BCUT2D eigenvalue weighted by Gasteiger charge is -2.16. The van der Waals surface area contributed by atoms with Crippen LogP contribution in [-0.2, 0) is 23.9 Å². The topological polar surface area (TPSA) is 140 Å². The van der Waals surface area contributed by atoms with E-state index in [1.165, 1.54) is 0 Å². The Bertz CT molecular complexity index is 400. The Hall–Kier alpha value is -2.43. The van der Waals surface area contributed by atoms with E-state index in [-0.39, 0.29) is 26.2 Å². The van der Waals surface area contributed by atoms with Gasteiger partial charge in [-0.15, -0.1) is 20.2 Å². The molecule has 23 heavy (non-hydrogen) atoms. The van der Waals surface area contributed by atoms with Gasteiger partial charge in [-0.2, -0.15) is 0 Å². The van der Waals surface area contributed by atoms with Crippen molar-refractivity contribution in [2.75, 3.05) is 26.4 Å². The van der Waals surface area contributed by atoms with Crippen LogP contribution in [0, 0.1) is 20.2 Å². The number of allylic oxidation sites excluding steroid dienone is 2. The minimum absolute atomic E-state index is 0.203. The molecule has 0 heterocycles. The molecule has 0 aromatic carbocycles. The Labute approximate surface area is 132 Å². The summed E-state index contributed by atoms with van der Waals surface area (Å²) in [6.07, 6.45) is 4.44. The first-order valence-electron chi connectivity index (χ1n) is 6.88. The third-order valence-electron chi connectivity index (χ3n) is 2.42. The van der Waals surface area contributed by atoms with Gasteiger partial charge in [0.1, 0.15) is 25.9 Å². The van der Waals surface area contributed by atoms with Gasteiger partial charge in [-0.3, -0.25) is 4.79 Å². The lowest BCUT2D eigenvalue weighted by Crippen LogP contribution is -2.29. The largest absolute Gasteiger partial charge is 0.463 e. The quantitative estimate of drug-likeness (QED) is 0.150. The molecule has 1 atom stereocenters. The monoisotopic (exact) mass is 336 g/mol. The molecule has 132 valence electrons. The molecule has 11 nitrogen and oxygen atoms in total. The molecule has 0 aromatic heterocycles. The smallest absolute Gasteiger partial charge is 0.305 e. The van der Waals surface area contributed by atoms with E-state index < -0.39 is 28.9 Å². The summed E-state index contributed by atoms with van der Waals surface area (Å²) in [5, 5.41) is 18.1. The summed E-state index contributed by atoms with van der Waals surface area (Å²) in [5.41, 5.74) is 0. The molecule has 0 bridgehead atoms. The predicted molar refractivity (Wildman–Crippen MR) is 75.3 cm³/mol. The van der Waals surface area contributed by atoms with Crippen LogP contribution in [0.2, 0.25) is 0 Å². The summed E-state index contributed by atoms with van der Waals surface area (Å²) in [5.74, 6) is -0.467. The van der Waals surface area contributed by atoms with Gasteiger partial charge in [0.2, 0.25) is 0 Å². The Morgan fingerprint density at radius 3 is 2.43 bits per heavy atom. The van der Waals surface area contributed by atoms with Gasteiger partial charge < -0.3 is 19.1 Å². The molecular weight excluding hydrogens is 316 g/mol. The summed E-state index contributed by atoms with van der Waals surface area (Å²) in [7, 11) is 0. The van der Waals surface area contributed by atoms with Gasteiger partial charge in [-0.25, -0.2) is 0 Å². The summed E-state index contributed by atoms with van der Waals surface area (Å²) >= 11 is 0. The zero-order valence-electron chi connectivity index (χ0n) is 12.8. The summed E-state index contributed by atoms with van der Waals surface area (Å²) in [6.45, 7) is 0.606. The van der Waals surface area contributed by atoms with Gasteiger partial charge >= 0.3 is 5.97 Å². The minimum Gasteiger partial charge on any atom is -0.463 e. The van der Waals surface area contributed by atoms with Crippen molar-refractivity contribution in [1.29, 1.82) is 0 Å². The lowest BCUT2D eigenvalue weighted by molar-refractivity contribution is -0.760. The van der Waals surface area contributed by atoms with Crippen molar-refractivity contribution in [1.82, 2.24) is 0 Å². The molecule has 0 rings (SSSR count). The summed E-state index contributed by atoms with van der Waals surface area (Å²) in [4.78, 5) is 39.8. The molecule has 0 N–H and O–H groups in total. The van der Waals surface area contributed by atoms with E-state index in [1.54, 1.807) is 0 Å². The minimum atomic E-state index is -1.01. The zero-order valence-corrected chi connectivity index (χ0v) is 12.8. The molecule has 0 aliphatic carbocycles. The van der Waals surface area contributed by atoms with Gasteiger partial charge in [0.15, 0.2) is 0 Å². The van der Waals surface area contributed by atoms with E-state index in [0.29, 0.717) is 6.42 Å². The first-order chi connectivity index (χ1) is 11.0. The van der Waals surface area contributed by atoms with Crippen molar-refractivity contribution in [3.8, 4) is 0 Å². The molecule has 0 aliphatic heterocycles. The average Bonchev–Trinajstić information content (AvgIpc) is 2.49. The fraction of sp³-hybridized carbons (Fsp3) is 0.750. The van der Waals surface area contributed by atoms with E-state index in [0.717, 1.165) is 6.42 Å². The normalized spacial score (nSPS) is 11.9. The number of carbonyl (C=O) groups excluding carboxylic acids is 1. The van der Waals surface area contributed by atoms with Crippen molar-refractivity contribution in [2.24, 2.45) is 0 Å². The SMILES string of the molecule is C/C=C\CCCC(=O)OCC(CO[N+](=O)[O-])OCCO[N+](=O)[O-]. The molecule has 0 radical (unpaired) electrons. The number of rotatable bonds is 14. The third kappa shape index (κ3) is 14.3. The van der Waals surface area contributed by atoms with E-state index in [9.17, 15) is 25.0 Å². The zero-order chi connectivity index (χ0) is 17.5. The highest BCUT2D eigenvalue weighted by molar-refractivity contribution is 5.69. The lowest BCUT2D eigenvalue weighted by atomic mass is 10.2. The fourth-order valence-electron chi connectivity index (χ4n) is 1.40. The van der Waals surface area contributed by atoms with Crippen molar-refractivity contribution < 1.29 is 34.1 Å². The van der Waals surface area contributed by atoms with Crippen LogP contribution in [0.1, 0.15) is 26.2 Å². The first kappa shape index (κ1) is 20.6. The van der Waals surface area contributed by atoms with E-state index in [1.807, 2.05) is 19.1 Å². The van der Waals surface area contributed by atoms with Crippen LogP contribution in [0.15, 0.2) is 12.2 Å². The summed E-state index contributed by atoms with van der Waals surface area (Å²) in [6, 6.07) is 0. The second kappa shape index (κ2) is 13.2. The fourth-order valence-corrected chi connectivity index (χ4v) is 1.40. The molecule has 0 saturated carbocycles. The highest BCUT2D eigenvalue weighted by Crippen LogP contribution is 2.02. The molecular formula is C12H20N2O9. The number of hydrogen-bond donors (Lipinski definition) is 0. The van der Waals surface area contributed by atoms with Crippen molar-refractivity contribution in [3.63, 3.8) is 0 Å². The standard InChI is InChI=1S/C12H20N2O9/c1-2-3-4-5-6-12(15)21-9-11(10-23-14(18)19)20-7-8-22-13(16)17/h2-3,11H,4-10H2,1H3/b3-2-. The highest BCUT2D eigenvalue weighted by atomic mass is 17.0. The number of carbonyl (C=O) groups is 1. The number of unbranched alkanes of at least 4 members (excludes halogenated alkanes) is 1. The van der Waals surface area contributed by atoms with Crippen LogP contribution in [0.3, 0.4) is 0 Å². The average molecular weight is 336 g/mol. The Balaban J connectivity index is 4.05. The molecule has 0 fully saturated rings. The Morgan fingerprint density at radius 1 is 1.13 bits per heavy atom. The maximum Gasteiger partial charge on any atom is 0.305 e. The first-order valence-corrected chi connectivity index (χ1v) is 6.88. The number of ether oxygens (including phenoxy) is 2. The maximum atomic E-state index is 11.5. The van der Waals surface area contributed by atoms with Gasteiger partial charge in [0.05, 0.1) is 6.61 Å². The number of esters is 1. The molecule has 0 aliphatic rings. The van der Waals surface area contributed by atoms with Crippen LogP contribution in [-0.4, -0.2) is 48.7 Å². The van der Waals surface area contributed by atoms with E-state index >= 15 is 0 Å². The number of hydrogen-bond acceptors (Lipinski definition) is 9. The maximum absolute atomic E-state index is 11.5. The number of nitrogens with zero attached hydrogens (tertiary/aromatic N) is 2. The molecule has 11 heteroatoms. The predicted octanol–water partition coefficient (Wildman–Crippen LogP) is 1.08. The second-order valence-electron chi connectivity index (χ2n) is 4.21. The van der Waals surface area contributed by atoms with E-state index in [2.05, 4.69) is 9.68 Å². The second-order valence-corrected chi connectivity index (χ2v) is 4.21. The van der Waals surface area contributed by atoms with Crippen LogP contribution < -0.4 is 0 Å². The van der Waals surface area contributed by atoms with Gasteiger partial charge in [0.25, 0.3) is 10.2 Å². The summed E-state index contributed by atoms with van der Waals surface area (Å²) < 4.78 is 10.0. The van der Waals surface area contributed by atoms with Crippen molar-refractivity contribution in [2.45, 2.75) is 32.3 Å². The van der Waals surface area contributed by atoms with Crippen LogP contribution in [0.5, 0.6) is 0 Å². The molecule has 0 aromatic rings. The van der Waals surface area contributed by atoms with E-state index in [4.69, 9.17) is 9.47 Å². The van der Waals surface area contributed by atoms with Crippen molar-refractivity contribution >= 4 is 5.97 Å². The van der Waals surface area contributed by atoms with Crippen LogP contribution in [0.25, 0.3) is 0 Å². The van der Waals surface area contributed by atoms with Crippen LogP contribution in [0.4, 0.5) is 0 Å². The third-order valence-corrected chi connectivity index (χ3v) is 2.42. The molecule has 0 amide bonds. The molecule has 1 unspecified atom stereocenters. The van der Waals surface area contributed by atoms with Gasteiger partial charge in [-0.1, -0.05) is 12.2 Å². The Kier molecular flexibility index (Phi) is 11.8. The van der Waals surface area contributed by atoms with Crippen molar-refractivity contribution in [3.05, 3.63) is 32.4 Å². The van der Waals surface area contributed by atoms with Gasteiger partial charge in [0, 0.05) is 6.42 Å². The highest BCUT2D eigenvalue weighted by Gasteiger charge is 2.15. The Morgan fingerprint density at radius 2 is 1.83 bits per heavy atom.